The average Bonchev–Trinajstić information content (AvgIpc) is 2.81. The topological polar surface area (TPSA) is 119 Å². The van der Waals surface area contributed by atoms with Crippen LogP contribution in [0.1, 0.15) is 16.8 Å². The van der Waals surface area contributed by atoms with Gasteiger partial charge in [-0.3, -0.25) is 13.9 Å². The number of anilines is 2. The maximum Gasteiger partial charge on any atom is 0.265 e. The number of para-hydroxylation sites is 3. The molecule has 0 bridgehead atoms. The molecule has 27 heavy (non-hydrogen) atoms. The molecule has 3 N–H and O–H groups in total. The molecular weight excluding hydrogens is 370 g/mol. The number of rotatable bonds is 4. The fraction of sp³-hybridized carbons (Fsp3) is 0.222. The third-order valence-corrected chi connectivity index (χ3v) is 5.32. The number of fused-ring (bicyclic) bond motifs is 1. The van der Waals surface area contributed by atoms with Crippen LogP contribution < -0.4 is 20.1 Å². The smallest absolute Gasteiger partial charge is 0.265 e. The fourth-order valence-electron chi connectivity index (χ4n) is 2.88. The van der Waals surface area contributed by atoms with E-state index in [2.05, 4.69) is 5.32 Å². The molecule has 2 amide bonds. The minimum Gasteiger partial charge on any atom is -0.478 e. The second-order valence-electron chi connectivity index (χ2n) is 6.10. The summed E-state index contributed by atoms with van der Waals surface area (Å²) in [6.45, 7) is 0.0887. The molecule has 142 valence electrons. The van der Waals surface area contributed by atoms with Gasteiger partial charge in [0.1, 0.15) is 5.75 Å². The molecule has 0 radical (unpaired) electrons. The summed E-state index contributed by atoms with van der Waals surface area (Å²) >= 11 is 0. The predicted octanol–water partition coefficient (Wildman–Crippen LogP) is 1.34. The van der Waals surface area contributed by atoms with Crippen LogP contribution in [-0.2, 0) is 14.8 Å². The summed E-state index contributed by atoms with van der Waals surface area (Å²) in [5, 5.41) is 2.64. The maximum atomic E-state index is 12.7. The van der Waals surface area contributed by atoms with Crippen molar-refractivity contribution in [3.63, 3.8) is 0 Å². The molecular formula is C18H19N3O5S. The quantitative estimate of drug-likeness (QED) is 0.818. The van der Waals surface area contributed by atoms with Gasteiger partial charge in [-0.15, -0.1) is 0 Å². The summed E-state index contributed by atoms with van der Waals surface area (Å²) in [7, 11) is -3.53. The normalized spacial score (nSPS) is 16.6. The number of hydrogen-bond acceptors (Lipinski definition) is 5. The zero-order valence-electron chi connectivity index (χ0n) is 14.6. The van der Waals surface area contributed by atoms with Crippen molar-refractivity contribution < 1.29 is 22.7 Å². The van der Waals surface area contributed by atoms with E-state index in [-0.39, 0.29) is 24.2 Å². The van der Waals surface area contributed by atoms with E-state index >= 15 is 0 Å². The van der Waals surface area contributed by atoms with Crippen molar-refractivity contribution in [1.29, 1.82) is 0 Å². The molecule has 0 saturated carbocycles. The summed E-state index contributed by atoms with van der Waals surface area (Å²) in [5.74, 6) is -0.862. The molecule has 0 aliphatic carbocycles. The average molecular weight is 389 g/mol. The Labute approximate surface area is 157 Å². The van der Waals surface area contributed by atoms with Crippen LogP contribution in [0.25, 0.3) is 0 Å². The highest BCUT2D eigenvalue weighted by molar-refractivity contribution is 7.92. The fourth-order valence-corrected chi connectivity index (χ4v) is 3.82. The van der Waals surface area contributed by atoms with Crippen molar-refractivity contribution in [2.75, 3.05) is 22.4 Å². The van der Waals surface area contributed by atoms with Gasteiger partial charge in [-0.2, -0.15) is 0 Å². The van der Waals surface area contributed by atoms with Gasteiger partial charge in [-0.25, -0.2) is 8.42 Å². The molecule has 1 aliphatic heterocycles. The van der Waals surface area contributed by atoms with Crippen LogP contribution in [0.4, 0.5) is 11.4 Å². The summed E-state index contributed by atoms with van der Waals surface area (Å²) < 4.78 is 31.2. The minimum absolute atomic E-state index is 0.0887. The summed E-state index contributed by atoms with van der Waals surface area (Å²) in [5.41, 5.74) is 6.16. The maximum absolute atomic E-state index is 12.7. The number of amides is 2. The van der Waals surface area contributed by atoms with Crippen molar-refractivity contribution >= 4 is 33.2 Å². The van der Waals surface area contributed by atoms with E-state index in [4.69, 9.17) is 10.5 Å². The predicted molar refractivity (Wildman–Crippen MR) is 101 cm³/mol. The molecule has 0 spiro atoms. The van der Waals surface area contributed by atoms with E-state index in [1.165, 1.54) is 10.4 Å². The molecule has 0 fully saturated rings. The Morgan fingerprint density at radius 1 is 1.15 bits per heavy atom. The zero-order chi connectivity index (χ0) is 19.6. The lowest BCUT2D eigenvalue weighted by Gasteiger charge is -2.20. The zero-order valence-corrected chi connectivity index (χ0v) is 15.4. The van der Waals surface area contributed by atoms with Gasteiger partial charge in [0.25, 0.3) is 11.8 Å². The highest BCUT2D eigenvalue weighted by atomic mass is 32.2. The van der Waals surface area contributed by atoms with Crippen LogP contribution in [0.5, 0.6) is 5.75 Å². The van der Waals surface area contributed by atoms with Crippen LogP contribution in [0.15, 0.2) is 48.5 Å². The van der Waals surface area contributed by atoms with Crippen LogP contribution in [0.3, 0.4) is 0 Å². The largest absolute Gasteiger partial charge is 0.478 e. The Morgan fingerprint density at radius 2 is 1.81 bits per heavy atom. The number of ether oxygens (including phenoxy) is 1. The van der Waals surface area contributed by atoms with Gasteiger partial charge in [-0.1, -0.05) is 24.3 Å². The molecule has 2 aromatic rings. The van der Waals surface area contributed by atoms with Crippen LogP contribution in [-0.4, -0.2) is 39.1 Å². The Bertz CT molecular complexity index is 990. The lowest BCUT2D eigenvalue weighted by atomic mass is 10.1. The summed E-state index contributed by atoms with van der Waals surface area (Å²) in [4.78, 5) is 24.2. The lowest BCUT2D eigenvalue weighted by Crippen LogP contribution is -2.36. The van der Waals surface area contributed by atoms with E-state index in [1.54, 1.807) is 42.5 Å². The number of primary amides is 1. The SMILES string of the molecule is CS(=O)(=O)N1CCC(C(=O)Nc2ccccc2C(N)=O)Oc2ccccc21. The van der Waals surface area contributed by atoms with Crippen molar-refractivity contribution in [2.24, 2.45) is 5.73 Å². The van der Waals surface area contributed by atoms with E-state index in [0.717, 1.165) is 6.26 Å². The van der Waals surface area contributed by atoms with Crippen molar-refractivity contribution in [2.45, 2.75) is 12.5 Å². The van der Waals surface area contributed by atoms with E-state index < -0.39 is 27.9 Å². The number of carbonyl (C=O) groups excluding carboxylic acids is 2. The second-order valence-corrected chi connectivity index (χ2v) is 8.00. The first-order valence-corrected chi connectivity index (χ1v) is 10.1. The Morgan fingerprint density at radius 3 is 2.52 bits per heavy atom. The molecule has 1 unspecified atom stereocenters. The van der Waals surface area contributed by atoms with E-state index in [1.807, 2.05) is 0 Å². The molecule has 0 saturated heterocycles. The number of carbonyl (C=O) groups is 2. The van der Waals surface area contributed by atoms with Crippen LogP contribution in [0, 0.1) is 0 Å². The monoisotopic (exact) mass is 389 g/mol. The van der Waals surface area contributed by atoms with Crippen LogP contribution >= 0.6 is 0 Å². The van der Waals surface area contributed by atoms with Gasteiger partial charge in [0, 0.05) is 13.0 Å². The third kappa shape index (κ3) is 4.03. The Kier molecular flexibility index (Phi) is 5.04. The second kappa shape index (κ2) is 7.28. The number of benzene rings is 2. The van der Waals surface area contributed by atoms with Crippen molar-refractivity contribution in [1.82, 2.24) is 0 Å². The van der Waals surface area contributed by atoms with Crippen LogP contribution in [0.2, 0.25) is 0 Å². The molecule has 3 rings (SSSR count). The Balaban J connectivity index is 1.87. The first-order chi connectivity index (χ1) is 12.8. The van der Waals surface area contributed by atoms with Gasteiger partial charge in [-0.05, 0) is 24.3 Å². The van der Waals surface area contributed by atoms with E-state index in [0.29, 0.717) is 11.4 Å². The van der Waals surface area contributed by atoms with Gasteiger partial charge >= 0.3 is 0 Å². The molecule has 1 atom stereocenters. The number of hydrogen-bond donors (Lipinski definition) is 2. The van der Waals surface area contributed by atoms with Gasteiger partial charge in [0.05, 0.1) is 23.2 Å². The van der Waals surface area contributed by atoms with Crippen molar-refractivity contribution in [3.8, 4) is 5.75 Å². The number of sulfonamides is 1. The third-order valence-electron chi connectivity index (χ3n) is 4.14. The molecule has 1 aliphatic rings. The molecule has 9 heteroatoms. The lowest BCUT2D eigenvalue weighted by molar-refractivity contribution is -0.122. The number of nitrogens with two attached hydrogens (primary N) is 1. The molecule has 2 aromatic carbocycles. The molecule has 0 aromatic heterocycles. The first-order valence-electron chi connectivity index (χ1n) is 8.20. The van der Waals surface area contributed by atoms with Gasteiger partial charge < -0.3 is 15.8 Å². The van der Waals surface area contributed by atoms with Gasteiger partial charge in [0.2, 0.25) is 10.0 Å². The number of nitrogens with one attached hydrogen (secondary N) is 1. The highest BCUT2D eigenvalue weighted by Gasteiger charge is 2.31. The summed E-state index contributed by atoms with van der Waals surface area (Å²) in [6.07, 6.45) is 0.318. The Hall–Kier alpha value is -3.07. The molecule has 1 heterocycles. The highest BCUT2D eigenvalue weighted by Crippen LogP contribution is 2.34. The van der Waals surface area contributed by atoms with E-state index in [9.17, 15) is 18.0 Å². The minimum atomic E-state index is -3.53. The summed E-state index contributed by atoms with van der Waals surface area (Å²) in [6, 6.07) is 13.0. The number of nitrogens with zero attached hydrogens (tertiary/aromatic N) is 1. The van der Waals surface area contributed by atoms with Gasteiger partial charge in [0.15, 0.2) is 6.10 Å². The van der Waals surface area contributed by atoms with Crippen molar-refractivity contribution in [3.05, 3.63) is 54.1 Å². The molecule has 8 nitrogen and oxygen atoms in total. The first kappa shape index (κ1) is 18.7. The standard InChI is InChI=1S/C18H19N3O5S/c1-27(24,25)21-11-10-16(26-15-9-5-4-8-14(15)21)18(23)20-13-7-3-2-6-12(13)17(19)22/h2-9,16H,10-11H2,1H3,(H2,19,22)(H,20,23).